The number of anilines is 3. The van der Waals surface area contributed by atoms with E-state index >= 15 is 4.39 Å². The SMILES string of the molecule is COc1ncc(-c2nc(N3CCOCC3)nc3c(OC4CCN(c5cc(C(=O)O)no5)CC4)cc(F)cc23)cc1NS(C)(=O)=O. The maximum atomic E-state index is 15.2. The number of hydrogen-bond donors (Lipinski definition) is 2. The summed E-state index contributed by atoms with van der Waals surface area (Å²) in [7, 11) is -2.31. The Morgan fingerprint density at radius 3 is 2.51 bits per heavy atom. The van der Waals surface area contributed by atoms with Gasteiger partial charge in [-0.25, -0.2) is 32.6 Å². The van der Waals surface area contributed by atoms with Gasteiger partial charge in [0.1, 0.15) is 28.9 Å². The van der Waals surface area contributed by atoms with Crippen molar-refractivity contribution in [2.75, 3.05) is 67.3 Å². The second-order valence-electron chi connectivity index (χ2n) is 10.6. The molecule has 0 amide bonds. The molecular formula is C28H30FN7O8S. The van der Waals surface area contributed by atoms with Crippen LogP contribution in [0, 0.1) is 5.82 Å². The largest absolute Gasteiger partial charge is 0.488 e. The van der Waals surface area contributed by atoms with Gasteiger partial charge in [-0.05, 0) is 12.1 Å². The second-order valence-corrected chi connectivity index (χ2v) is 12.3. The molecule has 5 heterocycles. The molecule has 1 aromatic carbocycles. The van der Waals surface area contributed by atoms with Crippen molar-refractivity contribution < 1.29 is 41.4 Å². The molecule has 0 saturated carbocycles. The molecule has 0 spiro atoms. The van der Waals surface area contributed by atoms with Crippen molar-refractivity contribution in [1.82, 2.24) is 20.1 Å². The molecule has 45 heavy (non-hydrogen) atoms. The molecule has 0 radical (unpaired) electrons. The molecule has 2 N–H and O–H groups in total. The number of aromatic nitrogens is 4. The third kappa shape index (κ3) is 6.68. The average molecular weight is 644 g/mol. The van der Waals surface area contributed by atoms with Gasteiger partial charge in [0.15, 0.2) is 5.69 Å². The molecule has 6 rings (SSSR count). The zero-order chi connectivity index (χ0) is 31.7. The number of morpholine rings is 1. The highest BCUT2D eigenvalue weighted by atomic mass is 32.2. The smallest absolute Gasteiger partial charge is 0.358 e. The lowest BCUT2D eigenvalue weighted by Gasteiger charge is -2.32. The van der Waals surface area contributed by atoms with Crippen LogP contribution in [0.4, 0.5) is 21.9 Å². The Hall–Kier alpha value is -4.77. The summed E-state index contributed by atoms with van der Waals surface area (Å²) in [6.45, 7) is 3.03. The number of sulfonamides is 1. The first-order valence-electron chi connectivity index (χ1n) is 14.1. The van der Waals surface area contributed by atoms with Crippen LogP contribution in [0.25, 0.3) is 22.2 Å². The van der Waals surface area contributed by atoms with E-state index in [1.807, 2.05) is 9.80 Å². The maximum absolute atomic E-state index is 15.2. The van der Waals surface area contributed by atoms with Gasteiger partial charge in [0.25, 0.3) is 0 Å². The van der Waals surface area contributed by atoms with Gasteiger partial charge in [-0.15, -0.1) is 0 Å². The number of aromatic carboxylic acids is 1. The van der Waals surface area contributed by atoms with Gasteiger partial charge in [0.2, 0.25) is 27.7 Å². The quantitative estimate of drug-likeness (QED) is 0.271. The minimum absolute atomic E-state index is 0.0574. The summed E-state index contributed by atoms with van der Waals surface area (Å²) in [4.78, 5) is 28.9. The zero-order valence-corrected chi connectivity index (χ0v) is 25.2. The standard InChI is InChI=1S/C28H30FN7O8S/c1-41-26-20(34-45(2,39)40)11-16(15-30-26)24-19-12-17(29)13-22(25(19)32-28(31-24)36-7-9-42-10-8-36)43-18-3-5-35(6-4-18)23-14-21(27(37)38)33-44-23/h11-15,18,34H,3-10H2,1-2H3,(H,37,38). The van der Waals surface area contributed by atoms with E-state index in [0.29, 0.717) is 86.2 Å². The lowest BCUT2D eigenvalue weighted by molar-refractivity contribution is 0.0685. The van der Waals surface area contributed by atoms with Crippen LogP contribution in [-0.2, 0) is 14.8 Å². The van der Waals surface area contributed by atoms with E-state index in [9.17, 15) is 13.2 Å². The number of pyridine rings is 1. The number of methoxy groups -OCH3 is 1. The predicted molar refractivity (Wildman–Crippen MR) is 160 cm³/mol. The summed E-state index contributed by atoms with van der Waals surface area (Å²) in [5.41, 5.74) is 1.03. The van der Waals surface area contributed by atoms with Gasteiger partial charge < -0.3 is 33.6 Å². The molecule has 2 aliphatic rings. The molecule has 0 bridgehead atoms. The topological polar surface area (TPSA) is 182 Å². The van der Waals surface area contributed by atoms with Crippen molar-refractivity contribution >= 4 is 44.4 Å². The Bertz CT molecular complexity index is 1840. The number of carboxylic acids is 1. The lowest BCUT2D eigenvalue weighted by Crippen LogP contribution is -2.38. The highest BCUT2D eigenvalue weighted by Gasteiger charge is 2.27. The van der Waals surface area contributed by atoms with Crippen molar-refractivity contribution in [3.8, 4) is 22.9 Å². The molecule has 0 aliphatic carbocycles. The van der Waals surface area contributed by atoms with Crippen LogP contribution in [0.15, 0.2) is 35.0 Å². The van der Waals surface area contributed by atoms with Crippen LogP contribution in [-0.4, -0.2) is 98.5 Å². The van der Waals surface area contributed by atoms with Crippen LogP contribution in [0.2, 0.25) is 0 Å². The Morgan fingerprint density at radius 2 is 1.84 bits per heavy atom. The van der Waals surface area contributed by atoms with Crippen LogP contribution < -0.4 is 24.0 Å². The summed E-state index contributed by atoms with van der Waals surface area (Å²) < 4.78 is 64.0. The third-order valence-corrected chi connectivity index (χ3v) is 7.98. The van der Waals surface area contributed by atoms with Crippen LogP contribution in [0.1, 0.15) is 23.3 Å². The van der Waals surface area contributed by atoms with Crippen molar-refractivity contribution in [3.05, 3.63) is 42.0 Å². The number of ether oxygens (including phenoxy) is 3. The first-order valence-corrected chi connectivity index (χ1v) is 15.9. The normalized spacial score (nSPS) is 16.2. The minimum Gasteiger partial charge on any atom is -0.488 e. The summed E-state index contributed by atoms with van der Waals surface area (Å²) >= 11 is 0. The van der Waals surface area contributed by atoms with E-state index < -0.39 is 21.8 Å². The fourth-order valence-corrected chi connectivity index (χ4v) is 5.82. The summed E-state index contributed by atoms with van der Waals surface area (Å²) in [5.74, 6) is -0.732. The number of carbonyl (C=O) groups is 1. The molecule has 15 nitrogen and oxygen atoms in total. The highest BCUT2D eigenvalue weighted by molar-refractivity contribution is 7.92. The van der Waals surface area contributed by atoms with Crippen molar-refractivity contribution in [2.45, 2.75) is 18.9 Å². The summed E-state index contributed by atoms with van der Waals surface area (Å²) in [5, 5.41) is 13.1. The van der Waals surface area contributed by atoms with E-state index in [2.05, 4.69) is 14.9 Å². The Balaban J connectivity index is 1.37. The molecule has 0 unspecified atom stereocenters. The molecule has 4 aromatic rings. The molecule has 238 valence electrons. The highest BCUT2D eigenvalue weighted by Crippen LogP contribution is 2.37. The van der Waals surface area contributed by atoms with Gasteiger partial charge in [-0.1, -0.05) is 5.16 Å². The lowest BCUT2D eigenvalue weighted by atomic mass is 10.1. The van der Waals surface area contributed by atoms with Gasteiger partial charge in [-0.3, -0.25) is 4.72 Å². The number of piperidine rings is 1. The van der Waals surface area contributed by atoms with Gasteiger partial charge >= 0.3 is 5.97 Å². The molecule has 3 aromatic heterocycles. The molecule has 2 saturated heterocycles. The third-order valence-electron chi connectivity index (χ3n) is 7.39. The van der Waals surface area contributed by atoms with Crippen LogP contribution >= 0.6 is 0 Å². The van der Waals surface area contributed by atoms with Crippen molar-refractivity contribution in [1.29, 1.82) is 0 Å². The van der Waals surface area contributed by atoms with E-state index in [1.54, 1.807) is 0 Å². The van der Waals surface area contributed by atoms with Crippen molar-refractivity contribution in [2.24, 2.45) is 0 Å². The van der Waals surface area contributed by atoms with E-state index in [-0.39, 0.29) is 29.1 Å². The number of nitrogens with zero attached hydrogens (tertiary/aromatic N) is 6. The fraction of sp³-hybridized carbons (Fsp3) is 0.393. The number of halogens is 1. The van der Waals surface area contributed by atoms with Gasteiger partial charge in [0, 0.05) is 68.3 Å². The number of hydrogen-bond acceptors (Lipinski definition) is 13. The monoisotopic (exact) mass is 643 g/mol. The summed E-state index contributed by atoms with van der Waals surface area (Å²) in [6.07, 6.45) is 3.26. The Morgan fingerprint density at radius 1 is 1.09 bits per heavy atom. The predicted octanol–water partition coefficient (Wildman–Crippen LogP) is 2.78. The average Bonchev–Trinajstić information content (AvgIpc) is 3.52. The molecule has 17 heteroatoms. The first kappa shape index (κ1) is 30.3. The van der Waals surface area contributed by atoms with Crippen molar-refractivity contribution in [3.63, 3.8) is 0 Å². The number of carboxylic acid groups (broad SMARTS) is 1. The first-order chi connectivity index (χ1) is 21.6. The molecule has 2 fully saturated rings. The summed E-state index contributed by atoms with van der Waals surface area (Å²) in [6, 6.07) is 5.49. The number of fused-ring (bicyclic) bond motifs is 1. The number of rotatable bonds is 9. The molecule has 2 aliphatic heterocycles. The van der Waals surface area contributed by atoms with Crippen LogP contribution in [0.5, 0.6) is 11.6 Å². The van der Waals surface area contributed by atoms with E-state index in [0.717, 1.165) is 6.26 Å². The minimum atomic E-state index is -3.67. The van der Waals surface area contributed by atoms with Gasteiger partial charge in [0.05, 0.1) is 32.3 Å². The number of benzene rings is 1. The fourth-order valence-electron chi connectivity index (χ4n) is 5.28. The molecule has 0 atom stereocenters. The van der Waals surface area contributed by atoms with E-state index in [1.165, 1.54) is 37.6 Å². The zero-order valence-electron chi connectivity index (χ0n) is 24.4. The van der Waals surface area contributed by atoms with E-state index in [4.69, 9.17) is 33.8 Å². The second kappa shape index (κ2) is 12.3. The Labute approximate surface area is 257 Å². The maximum Gasteiger partial charge on any atom is 0.358 e. The number of nitrogens with one attached hydrogen (secondary N) is 1. The van der Waals surface area contributed by atoms with Gasteiger partial charge in [-0.2, -0.15) is 0 Å². The molecular weight excluding hydrogens is 613 g/mol. The van der Waals surface area contributed by atoms with Crippen LogP contribution in [0.3, 0.4) is 0 Å². The Kier molecular flexibility index (Phi) is 8.28.